The lowest BCUT2D eigenvalue weighted by molar-refractivity contribution is -0.181. The number of hydrogen-bond acceptors (Lipinski definition) is 6. The molecule has 3 rings (SSSR count). The van der Waals surface area contributed by atoms with Crippen LogP contribution >= 0.6 is 0 Å². The summed E-state index contributed by atoms with van der Waals surface area (Å²) in [6.45, 7) is 4.07. The van der Waals surface area contributed by atoms with Gasteiger partial charge in [0.2, 0.25) is 0 Å². The van der Waals surface area contributed by atoms with E-state index in [0.29, 0.717) is 38.5 Å². The van der Waals surface area contributed by atoms with Crippen LogP contribution in [0.15, 0.2) is 18.5 Å². The van der Waals surface area contributed by atoms with E-state index in [0.717, 1.165) is 31.5 Å². The zero-order chi connectivity index (χ0) is 16.8. The van der Waals surface area contributed by atoms with E-state index in [-0.39, 0.29) is 5.91 Å². The molecule has 0 radical (unpaired) electrons. The molecule has 0 aliphatic carbocycles. The Morgan fingerprint density at radius 3 is 2.79 bits per heavy atom. The first-order chi connectivity index (χ1) is 11.7. The Kier molecular flexibility index (Phi) is 5.65. The summed E-state index contributed by atoms with van der Waals surface area (Å²) in [5.41, 5.74) is 1.46. The predicted octanol–water partition coefficient (Wildman–Crippen LogP) is 1.51. The topological polar surface area (TPSA) is 72.9 Å². The van der Waals surface area contributed by atoms with Crippen molar-refractivity contribution in [3.05, 3.63) is 24.0 Å². The van der Waals surface area contributed by atoms with Gasteiger partial charge in [0, 0.05) is 58.6 Å². The zero-order valence-corrected chi connectivity index (χ0v) is 14.1. The van der Waals surface area contributed by atoms with Crippen LogP contribution in [-0.2, 0) is 14.2 Å². The molecule has 1 aromatic heterocycles. The molecule has 2 aliphatic heterocycles. The summed E-state index contributed by atoms with van der Waals surface area (Å²) in [7, 11) is 1.69. The minimum absolute atomic E-state index is 0.0101. The molecule has 1 N–H and O–H groups in total. The van der Waals surface area contributed by atoms with Gasteiger partial charge in [0.05, 0.1) is 24.5 Å². The van der Waals surface area contributed by atoms with Crippen LogP contribution in [0.4, 0.5) is 5.69 Å². The highest BCUT2D eigenvalue weighted by atomic mass is 16.7. The standard InChI is InChI=1S/C17H25N3O4/c1-22-8-2-5-19-15-11-14(12-18-13-15)16(21)20-6-3-17(4-7-20)23-9-10-24-17/h11-13,19H,2-10H2,1H3. The molecule has 1 aromatic rings. The van der Waals surface area contributed by atoms with Crippen molar-refractivity contribution < 1.29 is 19.0 Å². The van der Waals surface area contributed by atoms with Crippen LogP contribution in [0, 0.1) is 0 Å². The number of carbonyl (C=O) groups excluding carboxylic acids is 1. The van der Waals surface area contributed by atoms with Gasteiger partial charge in [-0.3, -0.25) is 9.78 Å². The molecular weight excluding hydrogens is 310 g/mol. The fourth-order valence-electron chi connectivity index (χ4n) is 3.12. The van der Waals surface area contributed by atoms with Crippen LogP contribution in [0.3, 0.4) is 0 Å². The highest BCUT2D eigenvalue weighted by molar-refractivity contribution is 5.94. The molecule has 0 atom stereocenters. The molecule has 2 saturated heterocycles. The molecule has 0 unspecified atom stereocenters. The SMILES string of the molecule is COCCCNc1cncc(C(=O)N2CCC3(CC2)OCCO3)c1. The van der Waals surface area contributed by atoms with E-state index >= 15 is 0 Å². The third kappa shape index (κ3) is 4.03. The van der Waals surface area contributed by atoms with Gasteiger partial charge in [-0.1, -0.05) is 0 Å². The second-order valence-electron chi connectivity index (χ2n) is 6.14. The van der Waals surface area contributed by atoms with E-state index < -0.39 is 5.79 Å². The fourth-order valence-corrected chi connectivity index (χ4v) is 3.12. The first kappa shape index (κ1) is 17.1. The van der Waals surface area contributed by atoms with Gasteiger partial charge < -0.3 is 24.4 Å². The van der Waals surface area contributed by atoms with Gasteiger partial charge in [-0.05, 0) is 12.5 Å². The van der Waals surface area contributed by atoms with Crippen LogP contribution in [0.5, 0.6) is 0 Å². The Morgan fingerprint density at radius 1 is 1.33 bits per heavy atom. The molecule has 0 aromatic carbocycles. The first-order valence-corrected chi connectivity index (χ1v) is 8.47. The number of anilines is 1. The third-order valence-electron chi connectivity index (χ3n) is 4.47. The molecule has 0 bridgehead atoms. The normalized spacial score (nSPS) is 19.6. The van der Waals surface area contributed by atoms with Crippen molar-refractivity contribution in [2.24, 2.45) is 0 Å². The van der Waals surface area contributed by atoms with Gasteiger partial charge in [-0.25, -0.2) is 0 Å². The van der Waals surface area contributed by atoms with Gasteiger partial charge in [0.25, 0.3) is 5.91 Å². The number of rotatable bonds is 6. The summed E-state index contributed by atoms with van der Waals surface area (Å²) in [6.07, 6.45) is 5.70. The molecule has 7 heteroatoms. The molecule has 2 fully saturated rings. The minimum Gasteiger partial charge on any atom is -0.385 e. The van der Waals surface area contributed by atoms with Crippen molar-refractivity contribution in [3.63, 3.8) is 0 Å². The molecular formula is C17H25N3O4. The average molecular weight is 335 g/mol. The van der Waals surface area contributed by atoms with Crippen LogP contribution < -0.4 is 5.32 Å². The number of carbonyl (C=O) groups is 1. The smallest absolute Gasteiger partial charge is 0.255 e. The number of aromatic nitrogens is 1. The number of likely N-dealkylation sites (tertiary alicyclic amines) is 1. The molecule has 7 nitrogen and oxygen atoms in total. The average Bonchev–Trinajstić information content (AvgIpc) is 3.07. The second-order valence-corrected chi connectivity index (χ2v) is 6.14. The lowest BCUT2D eigenvalue weighted by Gasteiger charge is -2.37. The van der Waals surface area contributed by atoms with Crippen LogP contribution in [0.1, 0.15) is 29.6 Å². The van der Waals surface area contributed by atoms with E-state index in [4.69, 9.17) is 14.2 Å². The molecule has 0 saturated carbocycles. The summed E-state index contributed by atoms with van der Waals surface area (Å²) >= 11 is 0. The molecule has 3 heterocycles. The van der Waals surface area contributed by atoms with Gasteiger partial charge in [0.1, 0.15) is 0 Å². The van der Waals surface area contributed by atoms with Crippen LogP contribution in [0.25, 0.3) is 0 Å². The van der Waals surface area contributed by atoms with E-state index in [2.05, 4.69) is 10.3 Å². The van der Waals surface area contributed by atoms with Crippen LogP contribution in [-0.4, -0.2) is 68.1 Å². The number of methoxy groups -OCH3 is 1. The Hall–Kier alpha value is -1.70. The lowest BCUT2D eigenvalue weighted by atomic mass is 10.0. The number of amides is 1. The maximum absolute atomic E-state index is 12.7. The number of ether oxygens (including phenoxy) is 3. The summed E-state index contributed by atoms with van der Waals surface area (Å²) in [4.78, 5) is 18.7. The van der Waals surface area contributed by atoms with Gasteiger partial charge in [0.15, 0.2) is 5.79 Å². The summed E-state index contributed by atoms with van der Waals surface area (Å²) in [5.74, 6) is -0.448. The quantitative estimate of drug-likeness (QED) is 0.795. The maximum Gasteiger partial charge on any atom is 0.255 e. The van der Waals surface area contributed by atoms with Crippen molar-refractivity contribution in [1.82, 2.24) is 9.88 Å². The summed E-state index contributed by atoms with van der Waals surface area (Å²) in [5, 5.41) is 3.26. The van der Waals surface area contributed by atoms with Crippen LogP contribution in [0.2, 0.25) is 0 Å². The Labute approximate surface area is 142 Å². The number of piperidine rings is 1. The van der Waals surface area contributed by atoms with E-state index in [1.807, 2.05) is 11.0 Å². The molecule has 2 aliphatic rings. The number of pyridine rings is 1. The Morgan fingerprint density at radius 2 is 2.08 bits per heavy atom. The molecule has 1 amide bonds. The highest BCUT2D eigenvalue weighted by Crippen LogP contribution is 2.31. The summed E-state index contributed by atoms with van der Waals surface area (Å²) in [6, 6.07) is 1.86. The predicted molar refractivity (Wildman–Crippen MR) is 89.0 cm³/mol. The Bertz CT molecular complexity index is 551. The Balaban J connectivity index is 1.55. The monoisotopic (exact) mass is 335 g/mol. The van der Waals surface area contributed by atoms with E-state index in [1.54, 1.807) is 19.5 Å². The first-order valence-electron chi connectivity index (χ1n) is 8.47. The summed E-state index contributed by atoms with van der Waals surface area (Å²) < 4.78 is 16.4. The number of hydrogen-bond donors (Lipinski definition) is 1. The van der Waals surface area contributed by atoms with E-state index in [1.165, 1.54) is 0 Å². The third-order valence-corrected chi connectivity index (χ3v) is 4.47. The lowest BCUT2D eigenvalue weighted by Crippen LogP contribution is -2.47. The number of nitrogens with one attached hydrogen (secondary N) is 1. The fraction of sp³-hybridized carbons (Fsp3) is 0.647. The van der Waals surface area contributed by atoms with Crippen molar-refractivity contribution >= 4 is 11.6 Å². The second kappa shape index (κ2) is 7.92. The van der Waals surface area contributed by atoms with Gasteiger partial charge in [-0.15, -0.1) is 0 Å². The van der Waals surface area contributed by atoms with Crippen molar-refractivity contribution in [1.29, 1.82) is 0 Å². The highest BCUT2D eigenvalue weighted by Gasteiger charge is 2.40. The molecule has 24 heavy (non-hydrogen) atoms. The zero-order valence-electron chi connectivity index (χ0n) is 14.1. The largest absolute Gasteiger partial charge is 0.385 e. The van der Waals surface area contributed by atoms with Crippen molar-refractivity contribution in [2.45, 2.75) is 25.0 Å². The number of nitrogens with zero attached hydrogens (tertiary/aromatic N) is 2. The molecule has 132 valence electrons. The van der Waals surface area contributed by atoms with Crippen molar-refractivity contribution in [3.8, 4) is 0 Å². The minimum atomic E-state index is -0.459. The maximum atomic E-state index is 12.7. The van der Waals surface area contributed by atoms with Gasteiger partial charge >= 0.3 is 0 Å². The van der Waals surface area contributed by atoms with E-state index in [9.17, 15) is 4.79 Å². The van der Waals surface area contributed by atoms with Crippen molar-refractivity contribution in [2.75, 3.05) is 51.9 Å². The molecule has 1 spiro atoms. The van der Waals surface area contributed by atoms with Gasteiger partial charge in [-0.2, -0.15) is 0 Å².